The number of anilines is 2. The molecule has 0 saturated heterocycles. The van der Waals surface area contributed by atoms with Crippen molar-refractivity contribution < 1.29 is 0 Å². The maximum absolute atomic E-state index is 4.50. The fraction of sp³-hybridized carbons (Fsp3) is 0.714. The molecule has 0 aliphatic heterocycles. The normalized spacial score (nSPS) is 14.9. The van der Waals surface area contributed by atoms with E-state index in [1.807, 2.05) is 7.05 Å². The van der Waals surface area contributed by atoms with Gasteiger partial charge in [0, 0.05) is 25.2 Å². The Bertz CT molecular complexity index is 399. The minimum absolute atomic E-state index is 0.696. The number of hydrogen-bond donors (Lipinski definition) is 1. The smallest absolute Gasteiger partial charge is 0.137 e. The highest BCUT2D eigenvalue weighted by Crippen LogP contribution is 2.33. The number of aromatic nitrogens is 2. The zero-order valence-corrected chi connectivity index (χ0v) is 11.9. The number of nitrogens with zero attached hydrogens (tertiary/aromatic N) is 3. The molecule has 1 aliphatic carbocycles. The van der Waals surface area contributed by atoms with Gasteiger partial charge in [-0.3, -0.25) is 0 Å². The first kappa shape index (κ1) is 13.1. The van der Waals surface area contributed by atoms with Gasteiger partial charge in [-0.2, -0.15) is 0 Å². The van der Waals surface area contributed by atoms with E-state index >= 15 is 0 Å². The number of hydrogen-bond acceptors (Lipinski definition) is 4. The van der Waals surface area contributed by atoms with Gasteiger partial charge in [0.2, 0.25) is 0 Å². The molecule has 0 bridgehead atoms. The Morgan fingerprint density at radius 3 is 2.67 bits per heavy atom. The summed E-state index contributed by atoms with van der Waals surface area (Å²) in [4.78, 5) is 11.2. The summed E-state index contributed by atoms with van der Waals surface area (Å²) in [5.74, 6) is 2.78. The van der Waals surface area contributed by atoms with Crippen LogP contribution in [0, 0.1) is 12.8 Å². The predicted octanol–water partition coefficient (Wildman–Crippen LogP) is 2.84. The van der Waals surface area contributed by atoms with Crippen molar-refractivity contribution in [2.24, 2.45) is 5.92 Å². The van der Waals surface area contributed by atoms with Crippen LogP contribution in [0.25, 0.3) is 0 Å². The van der Waals surface area contributed by atoms with E-state index in [4.69, 9.17) is 0 Å². The Hall–Kier alpha value is -1.32. The highest BCUT2D eigenvalue weighted by molar-refractivity contribution is 5.58. The molecule has 0 amide bonds. The van der Waals surface area contributed by atoms with Crippen molar-refractivity contribution in [1.82, 2.24) is 9.97 Å². The summed E-state index contributed by atoms with van der Waals surface area (Å²) in [5.41, 5.74) is 1.16. The average Bonchev–Trinajstić information content (AvgIpc) is 3.15. The van der Waals surface area contributed by atoms with Crippen molar-refractivity contribution >= 4 is 11.6 Å². The summed E-state index contributed by atoms with van der Waals surface area (Å²) < 4.78 is 0. The fourth-order valence-corrected chi connectivity index (χ4v) is 2.23. The van der Waals surface area contributed by atoms with E-state index in [1.54, 1.807) is 6.33 Å². The molecular weight excluding hydrogens is 224 g/mol. The molecule has 1 heterocycles. The van der Waals surface area contributed by atoms with Gasteiger partial charge < -0.3 is 10.2 Å². The minimum Gasteiger partial charge on any atom is -0.373 e. The lowest BCUT2D eigenvalue weighted by Gasteiger charge is -2.26. The first-order valence-electron chi connectivity index (χ1n) is 6.89. The van der Waals surface area contributed by atoms with Crippen LogP contribution in [-0.4, -0.2) is 29.6 Å². The van der Waals surface area contributed by atoms with Crippen molar-refractivity contribution in [3.8, 4) is 0 Å². The minimum atomic E-state index is 0.696. The van der Waals surface area contributed by atoms with Crippen LogP contribution in [0.4, 0.5) is 11.6 Å². The van der Waals surface area contributed by atoms with E-state index in [9.17, 15) is 0 Å². The van der Waals surface area contributed by atoms with Gasteiger partial charge in [-0.15, -0.1) is 0 Å². The van der Waals surface area contributed by atoms with Crippen molar-refractivity contribution in [2.75, 3.05) is 23.8 Å². The molecule has 0 radical (unpaired) electrons. The third-order valence-electron chi connectivity index (χ3n) is 3.50. The van der Waals surface area contributed by atoms with Gasteiger partial charge in [-0.05, 0) is 32.1 Å². The zero-order valence-electron chi connectivity index (χ0n) is 11.9. The van der Waals surface area contributed by atoms with E-state index < -0.39 is 0 Å². The number of rotatable bonds is 6. The molecule has 0 unspecified atom stereocenters. The lowest BCUT2D eigenvalue weighted by Crippen LogP contribution is -2.29. The lowest BCUT2D eigenvalue weighted by atomic mass is 10.1. The molecule has 0 spiro atoms. The van der Waals surface area contributed by atoms with Gasteiger partial charge in [-0.25, -0.2) is 9.97 Å². The Morgan fingerprint density at radius 2 is 2.11 bits per heavy atom. The van der Waals surface area contributed by atoms with Gasteiger partial charge in [-0.1, -0.05) is 13.8 Å². The molecule has 0 aromatic carbocycles. The van der Waals surface area contributed by atoms with Crippen molar-refractivity contribution in [1.29, 1.82) is 0 Å². The Morgan fingerprint density at radius 1 is 1.39 bits per heavy atom. The SMILES string of the molecule is CNc1ncnc(N(CCC(C)C)C2CC2)c1C. The van der Waals surface area contributed by atoms with E-state index in [0.29, 0.717) is 6.04 Å². The summed E-state index contributed by atoms with van der Waals surface area (Å²) in [5, 5.41) is 3.14. The Labute approximate surface area is 110 Å². The van der Waals surface area contributed by atoms with Crippen LogP contribution in [0.15, 0.2) is 6.33 Å². The molecular formula is C14H24N4. The second kappa shape index (κ2) is 5.55. The largest absolute Gasteiger partial charge is 0.373 e. The molecule has 1 saturated carbocycles. The third-order valence-corrected chi connectivity index (χ3v) is 3.50. The molecule has 1 aromatic rings. The van der Waals surface area contributed by atoms with Crippen LogP contribution in [0.5, 0.6) is 0 Å². The quantitative estimate of drug-likeness (QED) is 0.840. The monoisotopic (exact) mass is 248 g/mol. The molecule has 4 heteroatoms. The van der Waals surface area contributed by atoms with Gasteiger partial charge in [0.05, 0.1) is 0 Å². The Balaban J connectivity index is 2.19. The van der Waals surface area contributed by atoms with E-state index in [2.05, 4.69) is 41.0 Å². The van der Waals surface area contributed by atoms with E-state index in [1.165, 1.54) is 19.3 Å². The topological polar surface area (TPSA) is 41.1 Å². The highest BCUT2D eigenvalue weighted by atomic mass is 15.2. The summed E-state index contributed by atoms with van der Waals surface area (Å²) in [6, 6.07) is 0.696. The fourth-order valence-electron chi connectivity index (χ4n) is 2.23. The number of nitrogens with one attached hydrogen (secondary N) is 1. The van der Waals surface area contributed by atoms with Gasteiger partial charge in [0.15, 0.2) is 0 Å². The highest BCUT2D eigenvalue weighted by Gasteiger charge is 2.31. The van der Waals surface area contributed by atoms with Crippen LogP contribution < -0.4 is 10.2 Å². The zero-order chi connectivity index (χ0) is 13.1. The Kier molecular flexibility index (Phi) is 4.04. The second-order valence-electron chi connectivity index (χ2n) is 5.53. The molecule has 18 heavy (non-hydrogen) atoms. The predicted molar refractivity (Wildman–Crippen MR) is 76.1 cm³/mol. The molecule has 1 aliphatic rings. The molecule has 1 N–H and O–H groups in total. The standard InChI is InChI=1S/C14H24N4/c1-10(2)7-8-18(12-5-6-12)14-11(3)13(15-4)16-9-17-14/h9-10,12H,5-8H2,1-4H3,(H,15,16,17). The first-order chi connectivity index (χ1) is 8.63. The van der Waals surface area contributed by atoms with E-state index in [-0.39, 0.29) is 0 Å². The van der Waals surface area contributed by atoms with Crippen molar-refractivity contribution in [3.05, 3.63) is 11.9 Å². The molecule has 4 nitrogen and oxygen atoms in total. The lowest BCUT2D eigenvalue weighted by molar-refractivity contribution is 0.568. The van der Waals surface area contributed by atoms with Crippen LogP contribution >= 0.6 is 0 Å². The molecule has 1 fully saturated rings. The molecule has 2 rings (SSSR count). The summed E-state index contributed by atoms with van der Waals surface area (Å²) >= 11 is 0. The van der Waals surface area contributed by atoms with Crippen LogP contribution in [0.2, 0.25) is 0 Å². The first-order valence-corrected chi connectivity index (χ1v) is 6.89. The van der Waals surface area contributed by atoms with Gasteiger partial charge >= 0.3 is 0 Å². The molecule has 1 aromatic heterocycles. The molecule has 0 atom stereocenters. The maximum atomic E-state index is 4.50. The summed E-state index contributed by atoms with van der Waals surface area (Å²) in [6.07, 6.45) is 5.49. The van der Waals surface area contributed by atoms with Crippen molar-refractivity contribution in [3.63, 3.8) is 0 Å². The third kappa shape index (κ3) is 2.92. The average molecular weight is 248 g/mol. The van der Waals surface area contributed by atoms with Gasteiger partial charge in [0.25, 0.3) is 0 Å². The summed E-state index contributed by atoms with van der Waals surface area (Å²) in [6.45, 7) is 7.75. The molecule has 100 valence electrons. The summed E-state index contributed by atoms with van der Waals surface area (Å²) in [7, 11) is 1.91. The second-order valence-corrected chi connectivity index (χ2v) is 5.53. The maximum Gasteiger partial charge on any atom is 0.137 e. The van der Waals surface area contributed by atoms with Crippen LogP contribution in [-0.2, 0) is 0 Å². The van der Waals surface area contributed by atoms with Crippen LogP contribution in [0.3, 0.4) is 0 Å². The van der Waals surface area contributed by atoms with Crippen molar-refractivity contribution in [2.45, 2.75) is 46.1 Å². The van der Waals surface area contributed by atoms with Crippen LogP contribution in [0.1, 0.15) is 38.7 Å². The van der Waals surface area contributed by atoms with E-state index in [0.717, 1.165) is 29.7 Å². The van der Waals surface area contributed by atoms with Gasteiger partial charge in [0.1, 0.15) is 18.0 Å².